The normalized spacial score (nSPS) is 16.3. The minimum Gasteiger partial charge on any atom is -0.343 e. The molecule has 0 fully saturated rings. The van der Waals surface area contributed by atoms with Crippen molar-refractivity contribution < 1.29 is 35.1 Å². The van der Waals surface area contributed by atoms with Crippen molar-refractivity contribution in [3.63, 3.8) is 0 Å². The van der Waals surface area contributed by atoms with Gasteiger partial charge in [0.25, 0.3) is 6.43 Å². The minimum atomic E-state index is -6.46. The second-order valence-corrected chi connectivity index (χ2v) is 3.58. The molecule has 1 rings (SSSR count). The van der Waals surface area contributed by atoms with Crippen LogP contribution in [0.1, 0.15) is 0 Å². The Morgan fingerprint density at radius 1 is 0.842 bits per heavy atom. The Balaban J connectivity index is 3.19. The number of anilines is 1. The number of rotatable bonds is 4. The highest BCUT2D eigenvalue weighted by atomic mass is 19.4. The van der Waals surface area contributed by atoms with Crippen LogP contribution in [0.4, 0.5) is 40.8 Å². The summed E-state index contributed by atoms with van der Waals surface area (Å²) in [5.74, 6) is -11.5. The summed E-state index contributed by atoms with van der Waals surface area (Å²) in [5.41, 5.74) is -0.630. The summed E-state index contributed by atoms with van der Waals surface area (Å²) < 4.78 is 100. The van der Waals surface area contributed by atoms with E-state index in [1.54, 1.807) is 0 Å². The lowest BCUT2D eigenvalue weighted by Crippen LogP contribution is -2.62. The van der Waals surface area contributed by atoms with E-state index in [0.717, 1.165) is 29.6 Å². The average Bonchev–Trinajstić information content (AvgIpc) is 2.28. The minimum absolute atomic E-state index is 0.630. The smallest absolute Gasteiger partial charge is 0.343 e. The van der Waals surface area contributed by atoms with Crippen LogP contribution in [0, 0.1) is 0 Å². The molecule has 1 N–H and O–H groups in total. The number of benzene rings is 1. The van der Waals surface area contributed by atoms with Crippen LogP contribution in [-0.2, 0) is 0 Å². The number of halogens is 8. The Morgan fingerprint density at radius 2 is 1.32 bits per heavy atom. The van der Waals surface area contributed by atoms with Gasteiger partial charge in [0.05, 0.1) is 0 Å². The van der Waals surface area contributed by atoms with Gasteiger partial charge in [-0.3, -0.25) is 0 Å². The summed E-state index contributed by atoms with van der Waals surface area (Å²) in [6.07, 6.45) is -11.1. The zero-order chi connectivity index (χ0) is 14.9. The second-order valence-electron chi connectivity index (χ2n) is 3.58. The fourth-order valence-corrected chi connectivity index (χ4v) is 1.21. The average molecular weight is 293 g/mol. The van der Waals surface area contributed by atoms with Gasteiger partial charge in [0.15, 0.2) is 0 Å². The lowest BCUT2D eigenvalue weighted by molar-refractivity contribution is -0.338. The molecule has 0 aromatic heterocycles. The summed E-state index contributed by atoms with van der Waals surface area (Å²) in [6.45, 7) is 0. The molecule has 0 aliphatic heterocycles. The number of nitrogens with one attached hydrogen (secondary N) is 1. The van der Waals surface area contributed by atoms with Crippen molar-refractivity contribution in [2.75, 3.05) is 5.32 Å². The first kappa shape index (κ1) is 15.5. The standard InChI is InChI=1S/C10H7F8N/c11-7(12)8(13,9(14,15)10(16,17)18)19-6-4-2-1-3-5-6/h1-5,7,19H. The molecule has 0 saturated heterocycles. The van der Waals surface area contributed by atoms with E-state index in [1.807, 2.05) is 0 Å². The maximum atomic E-state index is 13.5. The van der Waals surface area contributed by atoms with E-state index in [9.17, 15) is 35.1 Å². The third kappa shape index (κ3) is 2.74. The van der Waals surface area contributed by atoms with E-state index >= 15 is 0 Å². The first-order valence-corrected chi connectivity index (χ1v) is 4.77. The quantitative estimate of drug-likeness (QED) is 0.647. The number of alkyl halides is 8. The van der Waals surface area contributed by atoms with Gasteiger partial charge in [0, 0.05) is 5.69 Å². The Hall–Kier alpha value is -1.54. The second kappa shape index (κ2) is 4.86. The van der Waals surface area contributed by atoms with Crippen molar-refractivity contribution in [2.45, 2.75) is 24.3 Å². The molecule has 19 heavy (non-hydrogen) atoms. The van der Waals surface area contributed by atoms with Gasteiger partial charge in [-0.05, 0) is 12.1 Å². The molecule has 1 aromatic carbocycles. The number of hydrogen-bond donors (Lipinski definition) is 1. The van der Waals surface area contributed by atoms with E-state index < -0.39 is 30.0 Å². The fourth-order valence-electron chi connectivity index (χ4n) is 1.21. The molecule has 1 unspecified atom stereocenters. The molecule has 0 aliphatic rings. The maximum absolute atomic E-state index is 13.5. The Labute approximate surface area is 102 Å². The van der Waals surface area contributed by atoms with Crippen LogP contribution in [0.5, 0.6) is 0 Å². The monoisotopic (exact) mass is 293 g/mol. The van der Waals surface area contributed by atoms with Crippen molar-refractivity contribution in [3.8, 4) is 0 Å². The molecule has 1 aromatic rings. The molecule has 0 radical (unpaired) electrons. The number of hydrogen-bond acceptors (Lipinski definition) is 1. The van der Waals surface area contributed by atoms with Gasteiger partial charge in [0.1, 0.15) is 0 Å². The molecule has 0 spiro atoms. The van der Waals surface area contributed by atoms with Gasteiger partial charge in [-0.25, -0.2) is 13.2 Å². The highest BCUT2D eigenvalue weighted by Gasteiger charge is 2.75. The van der Waals surface area contributed by atoms with Crippen LogP contribution in [0.15, 0.2) is 30.3 Å². The molecule has 1 nitrogen and oxygen atoms in total. The first-order chi connectivity index (χ1) is 8.52. The van der Waals surface area contributed by atoms with Crippen molar-refractivity contribution in [1.82, 2.24) is 0 Å². The highest BCUT2D eigenvalue weighted by Crippen LogP contribution is 2.48. The predicted octanol–water partition coefficient (Wildman–Crippen LogP) is 4.23. The van der Waals surface area contributed by atoms with Crippen molar-refractivity contribution in [2.24, 2.45) is 0 Å². The third-order valence-corrected chi connectivity index (χ3v) is 2.21. The summed E-state index contributed by atoms with van der Waals surface area (Å²) in [7, 11) is 0. The van der Waals surface area contributed by atoms with Crippen molar-refractivity contribution in [1.29, 1.82) is 0 Å². The van der Waals surface area contributed by atoms with E-state index in [-0.39, 0.29) is 0 Å². The van der Waals surface area contributed by atoms with Crippen molar-refractivity contribution >= 4 is 5.69 Å². The molecule has 9 heteroatoms. The molecule has 0 aliphatic carbocycles. The molecule has 1 atom stereocenters. The van der Waals surface area contributed by atoms with Crippen LogP contribution in [0.3, 0.4) is 0 Å². The van der Waals surface area contributed by atoms with Gasteiger partial charge >= 0.3 is 17.9 Å². The van der Waals surface area contributed by atoms with E-state index in [0.29, 0.717) is 0 Å². The molecule has 108 valence electrons. The summed E-state index contributed by atoms with van der Waals surface area (Å²) in [6, 6.07) is 5.40. The fraction of sp³-hybridized carbons (Fsp3) is 0.400. The first-order valence-electron chi connectivity index (χ1n) is 4.77. The lowest BCUT2D eigenvalue weighted by Gasteiger charge is -2.34. The Bertz CT molecular complexity index is 415. The van der Waals surface area contributed by atoms with Gasteiger partial charge in [-0.2, -0.15) is 22.0 Å². The van der Waals surface area contributed by atoms with Crippen LogP contribution in [0.25, 0.3) is 0 Å². The van der Waals surface area contributed by atoms with Gasteiger partial charge < -0.3 is 5.32 Å². The Kier molecular flexibility index (Phi) is 3.97. The Morgan fingerprint density at radius 3 is 1.68 bits per heavy atom. The largest absolute Gasteiger partial charge is 0.459 e. The maximum Gasteiger partial charge on any atom is 0.459 e. The summed E-state index contributed by atoms with van der Waals surface area (Å²) in [4.78, 5) is 0. The van der Waals surface area contributed by atoms with Crippen LogP contribution in [-0.4, -0.2) is 24.3 Å². The SMILES string of the molecule is FC(F)C(F)(Nc1ccccc1)C(F)(F)C(F)(F)F. The van der Waals surface area contributed by atoms with Gasteiger partial charge in [-0.15, -0.1) is 0 Å². The molecule has 0 heterocycles. The van der Waals surface area contributed by atoms with E-state index in [2.05, 4.69) is 0 Å². The lowest BCUT2D eigenvalue weighted by atomic mass is 10.1. The highest BCUT2D eigenvalue weighted by molar-refractivity contribution is 5.45. The molecular weight excluding hydrogens is 286 g/mol. The van der Waals surface area contributed by atoms with E-state index in [4.69, 9.17) is 0 Å². The summed E-state index contributed by atoms with van der Waals surface area (Å²) in [5, 5.41) is 0.915. The van der Waals surface area contributed by atoms with Crippen molar-refractivity contribution in [3.05, 3.63) is 30.3 Å². The molecular formula is C10H7F8N. The molecule has 0 saturated carbocycles. The van der Waals surface area contributed by atoms with Crippen LogP contribution < -0.4 is 5.32 Å². The van der Waals surface area contributed by atoms with Crippen LogP contribution >= 0.6 is 0 Å². The van der Waals surface area contributed by atoms with E-state index in [1.165, 1.54) is 6.07 Å². The predicted molar refractivity (Wildman–Crippen MR) is 50.9 cm³/mol. The third-order valence-electron chi connectivity index (χ3n) is 2.21. The van der Waals surface area contributed by atoms with Crippen LogP contribution in [0.2, 0.25) is 0 Å². The topological polar surface area (TPSA) is 12.0 Å². The van der Waals surface area contributed by atoms with Gasteiger partial charge in [-0.1, -0.05) is 18.2 Å². The number of para-hydroxylation sites is 1. The molecule has 0 amide bonds. The summed E-state index contributed by atoms with van der Waals surface area (Å²) >= 11 is 0. The molecule has 0 bridgehead atoms. The zero-order valence-corrected chi connectivity index (χ0v) is 8.99. The zero-order valence-electron chi connectivity index (χ0n) is 8.99. The van der Waals surface area contributed by atoms with Gasteiger partial charge in [0.2, 0.25) is 0 Å².